The number of rotatable bonds is 6. The van der Waals surface area contributed by atoms with Crippen LogP contribution in [-0.4, -0.2) is 12.1 Å². The lowest BCUT2D eigenvalue weighted by Crippen LogP contribution is -2.50. The Bertz CT molecular complexity index is 275. The molecule has 4 unspecified atom stereocenters. The minimum absolute atomic E-state index is 0.799. The molecule has 0 aromatic heterocycles. The average Bonchev–Trinajstić information content (AvgIpc) is 2.69. The molecule has 0 bridgehead atoms. The summed E-state index contributed by atoms with van der Waals surface area (Å²) in [4.78, 5) is 0. The van der Waals surface area contributed by atoms with E-state index < -0.39 is 0 Å². The van der Waals surface area contributed by atoms with E-state index in [0.29, 0.717) is 0 Å². The first-order chi connectivity index (χ1) is 9.19. The fourth-order valence-corrected chi connectivity index (χ4v) is 4.85. The Morgan fingerprint density at radius 2 is 1.37 bits per heavy atom. The van der Waals surface area contributed by atoms with Crippen LogP contribution in [0.2, 0.25) is 0 Å². The highest BCUT2D eigenvalue weighted by Crippen LogP contribution is 2.42. The van der Waals surface area contributed by atoms with Gasteiger partial charge >= 0.3 is 0 Å². The van der Waals surface area contributed by atoms with Gasteiger partial charge in [0.05, 0.1) is 0 Å². The summed E-state index contributed by atoms with van der Waals surface area (Å²) in [5.74, 6) is 4.31. The van der Waals surface area contributed by atoms with Crippen LogP contribution in [0.25, 0.3) is 0 Å². The summed E-state index contributed by atoms with van der Waals surface area (Å²) < 4.78 is 0. The van der Waals surface area contributed by atoms with Crippen molar-refractivity contribution in [1.82, 2.24) is 5.32 Å². The van der Waals surface area contributed by atoms with Crippen LogP contribution in [0.15, 0.2) is 0 Å². The topological polar surface area (TPSA) is 12.0 Å². The molecule has 0 aromatic carbocycles. The summed E-state index contributed by atoms with van der Waals surface area (Å²) in [5, 5.41) is 3.62. The van der Waals surface area contributed by atoms with E-state index in [0.717, 1.165) is 35.8 Å². The summed E-state index contributed by atoms with van der Waals surface area (Å²) in [6.45, 7) is 4.74. The van der Waals surface area contributed by atoms with Gasteiger partial charge in [0, 0.05) is 12.1 Å². The van der Waals surface area contributed by atoms with Crippen LogP contribution in [0, 0.1) is 23.7 Å². The largest absolute Gasteiger partial charge is 0.311 e. The van der Waals surface area contributed by atoms with Crippen LogP contribution >= 0.6 is 0 Å². The molecule has 3 rings (SSSR count). The van der Waals surface area contributed by atoms with Gasteiger partial charge in [-0.05, 0) is 69.1 Å². The van der Waals surface area contributed by atoms with Gasteiger partial charge in [-0.15, -0.1) is 0 Å². The van der Waals surface area contributed by atoms with Gasteiger partial charge in [0.1, 0.15) is 0 Å². The third-order valence-corrected chi connectivity index (χ3v) is 6.20. The molecule has 0 radical (unpaired) electrons. The van der Waals surface area contributed by atoms with Crippen molar-refractivity contribution >= 4 is 0 Å². The summed E-state index contributed by atoms with van der Waals surface area (Å²) >= 11 is 0. The SMILES string of the molecule is CC1CCC(CCC2CC(CCC3CC(C)N3)C2)C1. The number of hydrogen-bond donors (Lipinski definition) is 1. The van der Waals surface area contributed by atoms with Crippen molar-refractivity contribution in [1.29, 1.82) is 0 Å². The smallest absolute Gasteiger partial charge is 0.00843 e. The average molecular weight is 263 g/mol. The Morgan fingerprint density at radius 1 is 0.737 bits per heavy atom. The molecule has 1 N–H and O–H groups in total. The van der Waals surface area contributed by atoms with Crippen molar-refractivity contribution < 1.29 is 0 Å². The Labute approximate surface area is 119 Å². The third-order valence-electron chi connectivity index (χ3n) is 6.20. The molecule has 3 fully saturated rings. The van der Waals surface area contributed by atoms with Crippen LogP contribution in [-0.2, 0) is 0 Å². The van der Waals surface area contributed by atoms with Gasteiger partial charge in [-0.3, -0.25) is 0 Å². The van der Waals surface area contributed by atoms with Gasteiger partial charge in [0.2, 0.25) is 0 Å². The number of nitrogens with one attached hydrogen (secondary N) is 1. The molecule has 110 valence electrons. The van der Waals surface area contributed by atoms with E-state index in [9.17, 15) is 0 Å². The summed E-state index contributed by atoms with van der Waals surface area (Å²) in [6.07, 6.45) is 15.2. The Kier molecular flexibility index (Phi) is 4.51. The van der Waals surface area contributed by atoms with E-state index in [2.05, 4.69) is 19.2 Å². The predicted molar refractivity (Wildman–Crippen MR) is 82.2 cm³/mol. The van der Waals surface area contributed by atoms with Crippen LogP contribution in [0.1, 0.15) is 78.1 Å². The van der Waals surface area contributed by atoms with E-state index in [4.69, 9.17) is 0 Å². The molecule has 19 heavy (non-hydrogen) atoms. The molecule has 2 aliphatic carbocycles. The summed E-state index contributed by atoms with van der Waals surface area (Å²) in [5.41, 5.74) is 0. The summed E-state index contributed by atoms with van der Waals surface area (Å²) in [6, 6.07) is 1.67. The first-order valence-corrected chi connectivity index (χ1v) is 8.95. The van der Waals surface area contributed by atoms with Gasteiger partial charge in [0.25, 0.3) is 0 Å². The monoisotopic (exact) mass is 263 g/mol. The molecule has 0 aromatic rings. The van der Waals surface area contributed by atoms with Gasteiger partial charge in [-0.1, -0.05) is 32.6 Å². The van der Waals surface area contributed by atoms with Crippen LogP contribution in [0.4, 0.5) is 0 Å². The van der Waals surface area contributed by atoms with E-state index in [1.807, 2.05) is 0 Å². The fourth-order valence-electron chi connectivity index (χ4n) is 4.85. The zero-order chi connectivity index (χ0) is 13.2. The van der Waals surface area contributed by atoms with E-state index in [1.165, 1.54) is 38.5 Å². The van der Waals surface area contributed by atoms with Crippen molar-refractivity contribution in [3.05, 3.63) is 0 Å². The molecule has 4 atom stereocenters. The second-order valence-electron chi connectivity index (χ2n) is 8.14. The molecule has 2 saturated carbocycles. The maximum Gasteiger partial charge on any atom is 0.00843 e. The maximum absolute atomic E-state index is 3.62. The lowest BCUT2D eigenvalue weighted by molar-refractivity contribution is 0.144. The lowest BCUT2D eigenvalue weighted by atomic mass is 9.69. The highest BCUT2D eigenvalue weighted by atomic mass is 15.0. The normalized spacial score (nSPS) is 45.8. The quantitative estimate of drug-likeness (QED) is 0.728. The van der Waals surface area contributed by atoms with Crippen molar-refractivity contribution in [2.24, 2.45) is 23.7 Å². The molecule has 1 aliphatic heterocycles. The molecular weight excluding hydrogens is 230 g/mol. The minimum atomic E-state index is 0.799. The van der Waals surface area contributed by atoms with E-state index in [-0.39, 0.29) is 0 Å². The van der Waals surface area contributed by atoms with Gasteiger partial charge < -0.3 is 5.32 Å². The molecule has 0 amide bonds. The van der Waals surface area contributed by atoms with Crippen molar-refractivity contribution in [2.75, 3.05) is 0 Å². The molecular formula is C18H33N. The Morgan fingerprint density at radius 3 is 1.95 bits per heavy atom. The van der Waals surface area contributed by atoms with Crippen molar-refractivity contribution in [3.8, 4) is 0 Å². The highest BCUT2D eigenvalue weighted by Gasteiger charge is 2.32. The van der Waals surface area contributed by atoms with Gasteiger partial charge in [-0.2, -0.15) is 0 Å². The molecule has 3 aliphatic rings. The fraction of sp³-hybridized carbons (Fsp3) is 1.00. The van der Waals surface area contributed by atoms with Crippen LogP contribution < -0.4 is 5.32 Å². The Hall–Kier alpha value is -0.0400. The highest BCUT2D eigenvalue weighted by molar-refractivity contribution is 4.88. The molecule has 0 spiro atoms. The lowest BCUT2D eigenvalue weighted by Gasteiger charge is -2.40. The second kappa shape index (κ2) is 6.16. The first kappa shape index (κ1) is 13.9. The second-order valence-corrected chi connectivity index (χ2v) is 8.14. The molecule has 1 heteroatoms. The molecule has 1 saturated heterocycles. The van der Waals surface area contributed by atoms with E-state index >= 15 is 0 Å². The molecule has 1 heterocycles. The van der Waals surface area contributed by atoms with Crippen LogP contribution in [0.5, 0.6) is 0 Å². The molecule has 1 nitrogen and oxygen atoms in total. The first-order valence-electron chi connectivity index (χ1n) is 8.95. The standard InChI is InChI=1S/C18H33N/c1-13-3-4-15(9-13)5-6-16-11-17(12-16)7-8-18-10-14(2)19-18/h13-19H,3-12H2,1-2H3. The van der Waals surface area contributed by atoms with Gasteiger partial charge in [0.15, 0.2) is 0 Å². The van der Waals surface area contributed by atoms with Crippen LogP contribution in [0.3, 0.4) is 0 Å². The predicted octanol–water partition coefficient (Wildman–Crippen LogP) is 4.76. The summed E-state index contributed by atoms with van der Waals surface area (Å²) in [7, 11) is 0. The Balaban J connectivity index is 1.21. The zero-order valence-electron chi connectivity index (χ0n) is 13.0. The van der Waals surface area contributed by atoms with E-state index in [1.54, 1.807) is 25.7 Å². The van der Waals surface area contributed by atoms with Crippen molar-refractivity contribution in [2.45, 2.75) is 90.1 Å². The third kappa shape index (κ3) is 3.74. The minimum Gasteiger partial charge on any atom is -0.311 e. The zero-order valence-corrected chi connectivity index (χ0v) is 13.0. The maximum atomic E-state index is 3.62. The van der Waals surface area contributed by atoms with Crippen molar-refractivity contribution in [3.63, 3.8) is 0 Å². The number of hydrogen-bond acceptors (Lipinski definition) is 1. The van der Waals surface area contributed by atoms with Gasteiger partial charge in [-0.25, -0.2) is 0 Å².